The lowest BCUT2D eigenvalue weighted by molar-refractivity contribution is 0.0235. The molecule has 0 aromatic heterocycles. The Kier molecular flexibility index (Phi) is 3.84. The molecule has 0 amide bonds. The highest BCUT2D eigenvalue weighted by molar-refractivity contribution is 7.90. The van der Waals surface area contributed by atoms with Crippen LogP contribution in [0.1, 0.15) is 25.7 Å². The second kappa shape index (κ2) is 5.00. The van der Waals surface area contributed by atoms with Crippen LogP contribution in [0.5, 0.6) is 0 Å². The number of hydrogen-bond acceptors (Lipinski definition) is 4. The van der Waals surface area contributed by atoms with E-state index in [-0.39, 0.29) is 17.4 Å². The summed E-state index contributed by atoms with van der Waals surface area (Å²) < 4.78 is 31.9. The van der Waals surface area contributed by atoms with Crippen molar-refractivity contribution in [2.24, 2.45) is 0 Å². The van der Waals surface area contributed by atoms with Crippen molar-refractivity contribution in [1.82, 2.24) is 10.0 Å². The van der Waals surface area contributed by atoms with E-state index in [1.165, 1.54) is 0 Å². The molecule has 1 aliphatic heterocycles. The number of piperidine rings is 1. The Labute approximate surface area is 97.0 Å². The number of rotatable bonds is 4. The largest absolute Gasteiger partial charge is 0.381 e. The van der Waals surface area contributed by atoms with Crippen molar-refractivity contribution in [3.05, 3.63) is 0 Å². The Hall–Kier alpha value is -0.170. The van der Waals surface area contributed by atoms with Crippen LogP contribution in [0.25, 0.3) is 0 Å². The van der Waals surface area contributed by atoms with Crippen LogP contribution in [-0.2, 0) is 14.8 Å². The first-order chi connectivity index (χ1) is 7.62. The maximum atomic E-state index is 12.0. The number of hydrogen-bond donors (Lipinski definition) is 2. The Balaban J connectivity index is 1.83. The molecule has 0 aromatic rings. The zero-order valence-electron chi connectivity index (χ0n) is 9.61. The lowest BCUT2D eigenvalue weighted by atomic mass is 9.90. The van der Waals surface area contributed by atoms with Crippen LogP contribution in [0, 0.1) is 0 Å². The Morgan fingerprint density at radius 3 is 2.69 bits per heavy atom. The number of ether oxygens (including phenoxy) is 1. The van der Waals surface area contributed by atoms with Gasteiger partial charge in [0.05, 0.1) is 11.4 Å². The van der Waals surface area contributed by atoms with Crippen LogP contribution in [0.2, 0.25) is 0 Å². The van der Waals surface area contributed by atoms with Crippen LogP contribution >= 0.6 is 0 Å². The summed E-state index contributed by atoms with van der Waals surface area (Å²) in [6, 6.07) is 0.0804. The highest BCUT2D eigenvalue weighted by atomic mass is 32.2. The normalized spacial score (nSPS) is 35.7. The van der Waals surface area contributed by atoms with E-state index in [1.54, 1.807) is 7.11 Å². The van der Waals surface area contributed by atoms with Gasteiger partial charge < -0.3 is 10.1 Å². The minimum atomic E-state index is -3.14. The summed E-state index contributed by atoms with van der Waals surface area (Å²) >= 11 is 0. The van der Waals surface area contributed by atoms with Crippen LogP contribution in [0.4, 0.5) is 0 Å². The van der Waals surface area contributed by atoms with Gasteiger partial charge in [-0.2, -0.15) is 0 Å². The first-order valence-corrected chi connectivity index (χ1v) is 7.41. The lowest BCUT2D eigenvalue weighted by Gasteiger charge is -2.35. The monoisotopic (exact) mass is 248 g/mol. The topological polar surface area (TPSA) is 67.4 Å². The maximum Gasteiger partial charge on any atom is 0.215 e. The van der Waals surface area contributed by atoms with E-state index >= 15 is 0 Å². The van der Waals surface area contributed by atoms with Crippen LogP contribution in [-0.4, -0.2) is 46.0 Å². The quantitative estimate of drug-likeness (QED) is 0.725. The molecule has 5 nitrogen and oxygen atoms in total. The van der Waals surface area contributed by atoms with Gasteiger partial charge in [-0.15, -0.1) is 0 Å². The molecule has 1 aliphatic carbocycles. The molecule has 1 heterocycles. The van der Waals surface area contributed by atoms with Gasteiger partial charge in [-0.1, -0.05) is 0 Å². The van der Waals surface area contributed by atoms with E-state index < -0.39 is 10.0 Å². The fourth-order valence-electron chi connectivity index (χ4n) is 2.27. The van der Waals surface area contributed by atoms with Gasteiger partial charge in [0.1, 0.15) is 0 Å². The third-order valence-electron chi connectivity index (χ3n) is 3.45. The van der Waals surface area contributed by atoms with Gasteiger partial charge in [-0.3, -0.25) is 0 Å². The molecule has 2 N–H and O–H groups in total. The Morgan fingerprint density at radius 2 is 2.12 bits per heavy atom. The SMILES string of the molecule is COC1CC(NS(=O)(=O)C2CCCNC2)C1. The number of nitrogens with one attached hydrogen (secondary N) is 2. The summed E-state index contributed by atoms with van der Waals surface area (Å²) in [7, 11) is -1.48. The minimum absolute atomic E-state index is 0.0804. The zero-order chi connectivity index (χ0) is 11.6. The fraction of sp³-hybridized carbons (Fsp3) is 1.00. The van der Waals surface area contributed by atoms with E-state index in [0.717, 1.165) is 32.2 Å². The van der Waals surface area contributed by atoms with Crippen LogP contribution < -0.4 is 10.0 Å². The molecule has 2 aliphatic rings. The van der Waals surface area contributed by atoms with Gasteiger partial charge in [0, 0.05) is 19.7 Å². The highest BCUT2D eigenvalue weighted by Crippen LogP contribution is 2.24. The standard InChI is InChI=1S/C10H20N2O3S/c1-15-9-5-8(6-9)12-16(13,14)10-3-2-4-11-7-10/h8-12H,2-7H2,1H3. The fourth-order valence-corrected chi connectivity index (χ4v) is 3.93. The molecule has 0 radical (unpaired) electrons. The van der Waals surface area contributed by atoms with Crippen molar-refractivity contribution in [2.75, 3.05) is 20.2 Å². The van der Waals surface area contributed by atoms with E-state index in [1.807, 2.05) is 0 Å². The molecule has 0 aromatic carbocycles. The minimum Gasteiger partial charge on any atom is -0.381 e. The van der Waals surface area contributed by atoms with Crippen molar-refractivity contribution in [1.29, 1.82) is 0 Å². The van der Waals surface area contributed by atoms with Gasteiger partial charge in [0.25, 0.3) is 0 Å². The highest BCUT2D eigenvalue weighted by Gasteiger charge is 2.35. The number of sulfonamides is 1. The third-order valence-corrected chi connectivity index (χ3v) is 5.39. The van der Waals surface area contributed by atoms with Gasteiger partial charge in [0.2, 0.25) is 10.0 Å². The summed E-state index contributed by atoms with van der Waals surface area (Å²) in [5, 5.41) is 2.87. The molecule has 1 unspecified atom stereocenters. The average molecular weight is 248 g/mol. The zero-order valence-corrected chi connectivity index (χ0v) is 10.4. The molecule has 16 heavy (non-hydrogen) atoms. The second-order valence-electron chi connectivity index (χ2n) is 4.66. The predicted octanol–water partition coefficient (Wildman–Crippen LogP) is -0.165. The van der Waals surface area contributed by atoms with Crippen LogP contribution in [0.3, 0.4) is 0 Å². The molecule has 1 atom stereocenters. The van der Waals surface area contributed by atoms with Crippen molar-refractivity contribution >= 4 is 10.0 Å². The average Bonchev–Trinajstić information content (AvgIpc) is 2.24. The lowest BCUT2D eigenvalue weighted by Crippen LogP contribution is -2.52. The first-order valence-electron chi connectivity index (χ1n) is 5.86. The maximum absolute atomic E-state index is 12.0. The third kappa shape index (κ3) is 2.74. The van der Waals surface area contributed by atoms with Crippen LogP contribution in [0.15, 0.2) is 0 Å². The Morgan fingerprint density at radius 1 is 1.38 bits per heavy atom. The van der Waals surface area contributed by atoms with E-state index in [9.17, 15) is 8.42 Å². The molecule has 0 bridgehead atoms. The second-order valence-corrected chi connectivity index (χ2v) is 6.65. The Bertz CT molecular complexity index is 319. The van der Waals surface area contributed by atoms with Crippen molar-refractivity contribution in [3.8, 4) is 0 Å². The molecule has 6 heteroatoms. The smallest absolute Gasteiger partial charge is 0.215 e. The van der Waals surface area contributed by atoms with Gasteiger partial charge in [-0.05, 0) is 32.2 Å². The molecule has 2 fully saturated rings. The first kappa shape index (κ1) is 12.3. The van der Waals surface area contributed by atoms with E-state index in [2.05, 4.69) is 10.0 Å². The molecule has 94 valence electrons. The van der Waals surface area contributed by atoms with Crippen molar-refractivity contribution < 1.29 is 13.2 Å². The van der Waals surface area contributed by atoms with E-state index in [4.69, 9.17) is 4.74 Å². The molecule has 2 rings (SSSR count). The summed E-state index contributed by atoms with van der Waals surface area (Å²) in [5.74, 6) is 0. The van der Waals surface area contributed by atoms with Crippen molar-refractivity contribution in [2.45, 2.75) is 43.1 Å². The van der Waals surface area contributed by atoms with Gasteiger partial charge in [-0.25, -0.2) is 13.1 Å². The van der Waals surface area contributed by atoms with E-state index in [0.29, 0.717) is 6.54 Å². The summed E-state index contributed by atoms with van der Waals surface area (Å²) in [6.07, 6.45) is 3.54. The summed E-state index contributed by atoms with van der Waals surface area (Å²) in [4.78, 5) is 0. The molecule has 1 saturated carbocycles. The van der Waals surface area contributed by atoms with Crippen molar-refractivity contribution in [3.63, 3.8) is 0 Å². The van der Waals surface area contributed by atoms with Gasteiger partial charge >= 0.3 is 0 Å². The predicted molar refractivity (Wildman–Crippen MR) is 61.8 cm³/mol. The molecule has 1 saturated heterocycles. The summed E-state index contributed by atoms with van der Waals surface area (Å²) in [5.41, 5.74) is 0. The van der Waals surface area contributed by atoms with Gasteiger partial charge in [0.15, 0.2) is 0 Å². The molecular weight excluding hydrogens is 228 g/mol. The summed E-state index contributed by atoms with van der Waals surface area (Å²) in [6.45, 7) is 1.51. The molecule has 0 spiro atoms. The number of methoxy groups -OCH3 is 1. The molecular formula is C10H20N2O3S.